The zero-order valence-corrected chi connectivity index (χ0v) is 13.3. The second-order valence-corrected chi connectivity index (χ2v) is 5.49. The van der Waals surface area contributed by atoms with Gasteiger partial charge in [-0.2, -0.15) is 0 Å². The van der Waals surface area contributed by atoms with Crippen molar-refractivity contribution in [2.24, 2.45) is 0 Å². The molecule has 0 saturated carbocycles. The summed E-state index contributed by atoms with van der Waals surface area (Å²) >= 11 is 0. The maximum Gasteiger partial charge on any atom is 0.251 e. The normalized spacial score (nSPS) is 10.5. The predicted molar refractivity (Wildman–Crippen MR) is 91.2 cm³/mol. The first kappa shape index (κ1) is 15.7. The van der Waals surface area contributed by atoms with E-state index in [1.807, 2.05) is 36.4 Å². The van der Waals surface area contributed by atoms with Gasteiger partial charge in [0.15, 0.2) is 0 Å². The maximum absolute atomic E-state index is 12.2. The highest BCUT2D eigenvalue weighted by Crippen LogP contribution is 2.10. The van der Waals surface area contributed by atoms with Crippen LogP contribution >= 0.6 is 0 Å². The van der Waals surface area contributed by atoms with E-state index in [9.17, 15) is 9.59 Å². The van der Waals surface area contributed by atoms with E-state index < -0.39 is 0 Å². The van der Waals surface area contributed by atoms with Crippen LogP contribution in [0.2, 0.25) is 0 Å². The molecule has 0 spiro atoms. The van der Waals surface area contributed by atoms with Gasteiger partial charge >= 0.3 is 0 Å². The van der Waals surface area contributed by atoms with E-state index in [1.54, 1.807) is 12.1 Å². The van der Waals surface area contributed by atoms with Crippen LogP contribution in [-0.2, 0) is 17.9 Å². The van der Waals surface area contributed by atoms with Gasteiger partial charge in [-0.15, -0.1) is 0 Å². The number of aromatic amines is 1. The SMILES string of the molecule is CC(=O)NCc1ccc(C(=O)NCc2nc3ccccc3[nH]2)cc1. The summed E-state index contributed by atoms with van der Waals surface area (Å²) in [5.41, 5.74) is 3.34. The molecule has 0 bridgehead atoms. The molecule has 6 nitrogen and oxygen atoms in total. The first-order valence-corrected chi connectivity index (χ1v) is 7.67. The Balaban J connectivity index is 1.59. The number of carbonyl (C=O) groups is 2. The van der Waals surface area contributed by atoms with E-state index in [4.69, 9.17) is 0 Å². The summed E-state index contributed by atoms with van der Waals surface area (Å²) in [7, 11) is 0. The number of carbonyl (C=O) groups excluding carboxylic acids is 2. The summed E-state index contributed by atoms with van der Waals surface area (Å²) in [6.07, 6.45) is 0. The Hall–Kier alpha value is -3.15. The highest BCUT2D eigenvalue weighted by molar-refractivity contribution is 5.94. The first-order valence-electron chi connectivity index (χ1n) is 7.67. The van der Waals surface area contributed by atoms with Gasteiger partial charge in [-0.1, -0.05) is 24.3 Å². The third-order valence-electron chi connectivity index (χ3n) is 3.61. The summed E-state index contributed by atoms with van der Waals surface area (Å²) in [4.78, 5) is 30.7. The van der Waals surface area contributed by atoms with Gasteiger partial charge < -0.3 is 15.6 Å². The van der Waals surface area contributed by atoms with Crippen molar-refractivity contribution < 1.29 is 9.59 Å². The standard InChI is InChI=1S/C18H18N4O2/c1-12(23)19-10-13-6-8-14(9-7-13)18(24)20-11-17-21-15-4-2-3-5-16(15)22-17/h2-9H,10-11H2,1H3,(H,19,23)(H,20,24)(H,21,22). The van der Waals surface area contributed by atoms with Gasteiger partial charge in [-0.3, -0.25) is 9.59 Å². The molecule has 0 aliphatic carbocycles. The third-order valence-corrected chi connectivity index (χ3v) is 3.61. The lowest BCUT2D eigenvalue weighted by atomic mass is 10.1. The summed E-state index contributed by atoms with van der Waals surface area (Å²) in [6.45, 7) is 2.26. The molecule has 0 aliphatic heterocycles. The van der Waals surface area contributed by atoms with Crippen molar-refractivity contribution in [3.63, 3.8) is 0 Å². The van der Waals surface area contributed by atoms with Crippen LogP contribution in [0.3, 0.4) is 0 Å². The monoisotopic (exact) mass is 322 g/mol. The van der Waals surface area contributed by atoms with Gasteiger partial charge in [-0.05, 0) is 29.8 Å². The van der Waals surface area contributed by atoms with E-state index >= 15 is 0 Å². The van der Waals surface area contributed by atoms with Gasteiger partial charge in [0.25, 0.3) is 5.91 Å². The molecule has 122 valence electrons. The number of nitrogens with one attached hydrogen (secondary N) is 3. The topological polar surface area (TPSA) is 86.9 Å². The molecular weight excluding hydrogens is 304 g/mol. The number of imidazole rings is 1. The summed E-state index contributed by atoms with van der Waals surface area (Å²) in [5.74, 6) is 0.469. The lowest BCUT2D eigenvalue weighted by molar-refractivity contribution is -0.119. The smallest absolute Gasteiger partial charge is 0.251 e. The molecule has 1 aromatic heterocycles. The van der Waals surface area contributed by atoms with E-state index in [1.165, 1.54) is 6.92 Å². The molecule has 0 saturated heterocycles. The molecular formula is C18H18N4O2. The van der Waals surface area contributed by atoms with E-state index in [0.29, 0.717) is 24.5 Å². The van der Waals surface area contributed by atoms with Crippen molar-refractivity contribution in [3.05, 3.63) is 65.5 Å². The van der Waals surface area contributed by atoms with Gasteiger partial charge in [0.05, 0.1) is 17.6 Å². The second kappa shape index (κ2) is 6.95. The van der Waals surface area contributed by atoms with E-state index in [2.05, 4.69) is 20.6 Å². The minimum Gasteiger partial charge on any atom is -0.352 e. The lowest BCUT2D eigenvalue weighted by Crippen LogP contribution is -2.23. The number of H-pyrrole nitrogens is 1. The number of benzene rings is 2. The fraction of sp³-hybridized carbons (Fsp3) is 0.167. The summed E-state index contributed by atoms with van der Waals surface area (Å²) in [5, 5.41) is 5.56. The molecule has 2 amide bonds. The van der Waals surface area contributed by atoms with Crippen LogP contribution in [0.25, 0.3) is 11.0 Å². The van der Waals surface area contributed by atoms with Crippen LogP contribution in [0.4, 0.5) is 0 Å². The summed E-state index contributed by atoms with van der Waals surface area (Å²) in [6, 6.07) is 14.9. The van der Waals surface area contributed by atoms with Crippen molar-refractivity contribution in [1.82, 2.24) is 20.6 Å². The average Bonchev–Trinajstić information content (AvgIpc) is 3.01. The van der Waals surface area contributed by atoms with E-state index in [-0.39, 0.29) is 11.8 Å². The Bertz CT molecular complexity index is 835. The van der Waals surface area contributed by atoms with Crippen molar-refractivity contribution in [2.45, 2.75) is 20.0 Å². The lowest BCUT2D eigenvalue weighted by Gasteiger charge is -2.05. The molecule has 3 rings (SSSR count). The largest absolute Gasteiger partial charge is 0.352 e. The van der Waals surface area contributed by atoms with Crippen LogP contribution in [-0.4, -0.2) is 21.8 Å². The number of hydrogen-bond acceptors (Lipinski definition) is 3. The van der Waals surface area contributed by atoms with Gasteiger partial charge in [0.1, 0.15) is 5.82 Å². The molecule has 1 heterocycles. The second-order valence-electron chi connectivity index (χ2n) is 5.49. The predicted octanol–water partition coefficient (Wildman–Crippen LogP) is 2.13. The fourth-order valence-electron chi connectivity index (χ4n) is 2.36. The number of rotatable bonds is 5. The Morgan fingerprint density at radius 1 is 1.00 bits per heavy atom. The molecule has 0 aliphatic rings. The van der Waals surface area contributed by atoms with Gasteiger partial charge in [-0.25, -0.2) is 4.98 Å². The molecule has 0 fully saturated rings. The fourth-order valence-corrected chi connectivity index (χ4v) is 2.36. The zero-order chi connectivity index (χ0) is 16.9. The minimum absolute atomic E-state index is 0.0809. The molecule has 2 aromatic carbocycles. The van der Waals surface area contributed by atoms with Gasteiger partial charge in [0.2, 0.25) is 5.91 Å². The van der Waals surface area contributed by atoms with Crippen LogP contribution in [0.5, 0.6) is 0 Å². The molecule has 3 aromatic rings. The quantitative estimate of drug-likeness (QED) is 0.672. The first-order chi connectivity index (χ1) is 11.6. The van der Waals surface area contributed by atoms with Crippen molar-refractivity contribution in [3.8, 4) is 0 Å². The van der Waals surface area contributed by atoms with Crippen LogP contribution in [0.1, 0.15) is 28.7 Å². The Kier molecular flexibility index (Phi) is 4.56. The molecule has 24 heavy (non-hydrogen) atoms. The molecule has 0 radical (unpaired) electrons. The van der Waals surface area contributed by atoms with Crippen molar-refractivity contribution in [2.75, 3.05) is 0 Å². The highest BCUT2D eigenvalue weighted by Gasteiger charge is 2.07. The highest BCUT2D eigenvalue weighted by atomic mass is 16.2. The molecule has 3 N–H and O–H groups in total. The zero-order valence-electron chi connectivity index (χ0n) is 13.3. The number of nitrogens with zero attached hydrogens (tertiary/aromatic N) is 1. The number of para-hydroxylation sites is 2. The number of fused-ring (bicyclic) bond motifs is 1. The third kappa shape index (κ3) is 3.78. The number of amides is 2. The van der Waals surface area contributed by atoms with Gasteiger partial charge in [0, 0.05) is 19.0 Å². The maximum atomic E-state index is 12.2. The molecule has 6 heteroatoms. The van der Waals surface area contributed by atoms with Crippen LogP contribution in [0, 0.1) is 0 Å². The van der Waals surface area contributed by atoms with Crippen molar-refractivity contribution >= 4 is 22.8 Å². The minimum atomic E-state index is -0.165. The molecule has 0 atom stereocenters. The van der Waals surface area contributed by atoms with Crippen LogP contribution in [0.15, 0.2) is 48.5 Å². The summed E-state index contributed by atoms with van der Waals surface area (Å²) < 4.78 is 0. The number of hydrogen-bond donors (Lipinski definition) is 3. The molecule has 0 unspecified atom stereocenters. The average molecular weight is 322 g/mol. The van der Waals surface area contributed by atoms with E-state index in [0.717, 1.165) is 16.6 Å². The van der Waals surface area contributed by atoms with Crippen molar-refractivity contribution in [1.29, 1.82) is 0 Å². The number of aromatic nitrogens is 2. The van der Waals surface area contributed by atoms with Crippen LogP contribution < -0.4 is 10.6 Å². The Morgan fingerprint density at radius 2 is 1.75 bits per heavy atom. The Labute approximate surface area is 139 Å². The Morgan fingerprint density at radius 3 is 2.46 bits per heavy atom.